The summed E-state index contributed by atoms with van der Waals surface area (Å²) in [4.78, 5) is 0. The van der Waals surface area contributed by atoms with Gasteiger partial charge in [0.2, 0.25) is 10.0 Å². The summed E-state index contributed by atoms with van der Waals surface area (Å²) in [5.74, 6) is 0. The Kier molecular flexibility index (Phi) is 3.68. The van der Waals surface area contributed by atoms with Gasteiger partial charge in [0.25, 0.3) is 0 Å². The van der Waals surface area contributed by atoms with Crippen molar-refractivity contribution in [3.8, 4) is 0 Å². The Morgan fingerprint density at radius 2 is 1.94 bits per heavy atom. The molecular weight excluding hydrogens is 257 g/mol. The van der Waals surface area contributed by atoms with E-state index in [-0.39, 0.29) is 17.8 Å². The minimum Gasteiger partial charge on any atom is -0.326 e. The molecule has 0 atom stereocenters. The van der Waals surface area contributed by atoms with E-state index in [1.165, 1.54) is 0 Å². The van der Waals surface area contributed by atoms with Crippen LogP contribution in [0.2, 0.25) is 0 Å². The minimum atomic E-state index is -4.48. The lowest BCUT2D eigenvalue weighted by Crippen LogP contribution is -2.14. The highest BCUT2D eigenvalue weighted by molar-refractivity contribution is 7.92. The zero-order chi connectivity index (χ0) is 13.3. The smallest absolute Gasteiger partial charge is 0.326 e. The molecule has 0 radical (unpaired) electrons. The van der Waals surface area contributed by atoms with Gasteiger partial charge in [-0.3, -0.25) is 4.72 Å². The molecule has 17 heavy (non-hydrogen) atoms. The van der Waals surface area contributed by atoms with E-state index in [1.807, 2.05) is 0 Å². The SMILES string of the molecule is CS(=O)(=O)Nc1ccc(C(F)(F)F)cc1CN. The summed E-state index contributed by atoms with van der Waals surface area (Å²) in [5.41, 5.74) is 4.56. The van der Waals surface area contributed by atoms with E-state index in [2.05, 4.69) is 4.72 Å². The first kappa shape index (κ1) is 13.8. The van der Waals surface area contributed by atoms with Crippen molar-refractivity contribution < 1.29 is 21.6 Å². The number of nitrogens with one attached hydrogen (secondary N) is 1. The molecule has 0 unspecified atom stereocenters. The van der Waals surface area contributed by atoms with Crippen molar-refractivity contribution in [2.24, 2.45) is 5.73 Å². The third kappa shape index (κ3) is 3.90. The van der Waals surface area contributed by atoms with Crippen molar-refractivity contribution in [1.82, 2.24) is 0 Å². The molecule has 1 rings (SSSR count). The monoisotopic (exact) mass is 268 g/mol. The number of benzene rings is 1. The first-order valence-corrected chi connectivity index (χ1v) is 6.40. The first-order chi connectivity index (χ1) is 7.63. The fourth-order valence-corrected chi connectivity index (χ4v) is 1.84. The van der Waals surface area contributed by atoms with Gasteiger partial charge in [0.15, 0.2) is 0 Å². The van der Waals surface area contributed by atoms with E-state index < -0.39 is 21.8 Å². The van der Waals surface area contributed by atoms with Crippen LogP contribution in [0, 0.1) is 0 Å². The fourth-order valence-electron chi connectivity index (χ4n) is 1.24. The summed E-state index contributed by atoms with van der Waals surface area (Å²) in [6.45, 7) is -0.193. The fraction of sp³-hybridized carbons (Fsp3) is 0.333. The van der Waals surface area contributed by atoms with Crippen molar-refractivity contribution in [1.29, 1.82) is 0 Å². The number of alkyl halides is 3. The van der Waals surface area contributed by atoms with E-state index in [0.717, 1.165) is 24.5 Å². The Morgan fingerprint density at radius 3 is 2.35 bits per heavy atom. The Morgan fingerprint density at radius 1 is 1.35 bits per heavy atom. The maximum atomic E-state index is 12.4. The lowest BCUT2D eigenvalue weighted by molar-refractivity contribution is -0.137. The molecule has 0 saturated heterocycles. The topological polar surface area (TPSA) is 72.2 Å². The average Bonchev–Trinajstić information content (AvgIpc) is 2.14. The van der Waals surface area contributed by atoms with Gasteiger partial charge in [-0.2, -0.15) is 13.2 Å². The van der Waals surface area contributed by atoms with Gasteiger partial charge in [0.05, 0.1) is 17.5 Å². The van der Waals surface area contributed by atoms with Gasteiger partial charge in [0, 0.05) is 6.54 Å². The lowest BCUT2D eigenvalue weighted by Gasteiger charge is -2.13. The number of hydrogen-bond acceptors (Lipinski definition) is 3. The molecular formula is C9H11F3N2O2S. The normalized spacial score (nSPS) is 12.5. The third-order valence-corrected chi connectivity index (χ3v) is 2.54. The molecule has 1 aromatic carbocycles. The van der Waals surface area contributed by atoms with E-state index in [0.29, 0.717) is 0 Å². The summed E-state index contributed by atoms with van der Waals surface area (Å²) >= 11 is 0. The van der Waals surface area contributed by atoms with Crippen molar-refractivity contribution in [3.63, 3.8) is 0 Å². The van der Waals surface area contributed by atoms with Crippen molar-refractivity contribution in [2.45, 2.75) is 12.7 Å². The predicted molar refractivity (Wildman–Crippen MR) is 57.8 cm³/mol. The summed E-state index contributed by atoms with van der Waals surface area (Å²) in [6.07, 6.45) is -3.57. The average molecular weight is 268 g/mol. The zero-order valence-corrected chi connectivity index (χ0v) is 9.69. The van der Waals surface area contributed by atoms with Crippen LogP contribution in [-0.4, -0.2) is 14.7 Å². The van der Waals surface area contributed by atoms with Crippen molar-refractivity contribution in [3.05, 3.63) is 29.3 Å². The van der Waals surface area contributed by atoms with Crippen LogP contribution in [0.5, 0.6) is 0 Å². The summed E-state index contributed by atoms with van der Waals surface area (Å²) in [5, 5.41) is 0. The molecule has 0 saturated carbocycles. The maximum Gasteiger partial charge on any atom is 0.416 e. The molecule has 8 heteroatoms. The molecule has 1 aromatic rings. The molecule has 4 nitrogen and oxygen atoms in total. The van der Waals surface area contributed by atoms with Gasteiger partial charge in [0.1, 0.15) is 0 Å². The Balaban J connectivity index is 3.19. The number of anilines is 1. The van der Waals surface area contributed by atoms with E-state index in [1.54, 1.807) is 0 Å². The molecule has 0 amide bonds. The Bertz CT molecular complexity index is 511. The van der Waals surface area contributed by atoms with Crippen LogP contribution < -0.4 is 10.5 Å². The molecule has 3 N–H and O–H groups in total. The molecule has 96 valence electrons. The van der Waals surface area contributed by atoms with E-state index in [9.17, 15) is 21.6 Å². The quantitative estimate of drug-likeness (QED) is 0.873. The van der Waals surface area contributed by atoms with Gasteiger partial charge in [-0.05, 0) is 23.8 Å². The van der Waals surface area contributed by atoms with E-state index in [4.69, 9.17) is 5.73 Å². The maximum absolute atomic E-state index is 12.4. The molecule has 0 aliphatic heterocycles. The second-order valence-corrected chi connectivity index (χ2v) is 5.20. The number of nitrogens with two attached hydrogens (primary N) is 1. The summed E-state index contributed by atoms with van der Waals surface area (Å²) < 4.78 is 61.2. The van der Waals surface area contributed by atoms with Crippen LogP contribution in [0.4, 0.5) is 18.9 Å². The molecule has 0 aliphatic rings. The van der Waals surface area contributed by atoms with Gasteiger partial charge in [-0.25, -0.2) is 8.42 Å². The second-order valence-electron chi connectivity index (χ2n) is 3.45. The van der Waals surface area contributed by atoms with Gasteiger partial charge >= 0.3 is 6.18 Å². The lowest BCUT2D eigenvalue weighted by atomic mass is 10.1. The van der Waals surface area contributed by atoms with Crippen LogP contribution in [0.1, 0.15) is 11.1 Å². The van der Waals surface area contributed by atoms with Crippen molar-refractivity contribution in [2.75, 3.05) is 11.0 Å². The van der Waals surface area contributed by atoms with Gasteiger partial charge in [-0.1, -0.05) is 0 Å². The van der Waals surface area contributed by atoms with Gasteiger partial charge in [-0.15, -0.1) is 0 Å². The summed E-state index contributed by atoms with van der Waals surface area (Å²) in [7, 11) is -3.54. The van der Waals surface area contributed by atoms with Crippen LogP contribution in [0.25, 0.3) is 0 Å². The highest BCUT2D eigenvalue weighted by atomic mass is 32.2. The highest BCUT2D eigenvalue weighted by Crippen LogP contribution is 2.31. The Labute approximate surface area is 96.7 Å². The largest absolute Gasteiger partial charge is 0.416 e. The van der Waals surface area contributed by atoms with Crippen LogP contribution in [0.15, 0.2) is 18.2 Å². The van der Waals surface area contributed by atoms with Crippen molar-refractivity contribution >= 4 is 15.7 Å². The highest BCUT2D eigenvalue weighted by Gasteiger charge is 2.30. The molecule has 0 heterocycles. The van der Waals surface area contributed by atoms with Gasteiger partial charge < -0.3 is 5.73 Å². The molecule has 0 fully saturated rings. The third-order valence-electron chi connectivity index (χ3n) is 1.95. The minimum absolute atomic E-state index is 0.0583. The van der Waals surface area contributed by atoms with Crippen LogP contribution in [-0.2, 0) is 22.7 Å². The standard InChI is InChI=1S/C9H11F3N2O2S/c1-17(15,16)14-8-3-2-7(9(10,11)12)4-6(8)5-13/h2-4,14H,5,13H2,1H3. The first-order valence-electron chi connectivity index (χ1n) is 4.51. The number of halogens is 3. The van der Waals surface area contributed by atoms with Crippen LogP contribution >= 0.6 is 0 Å². The molecule has 0 aliphatic carbocycles. The Hall–Kier alpha value is -1.28. The molecule has 0 bridgehead atoms. The number of rotatable bonds is 3. The van der Waals surface area contributed by atoms with Crippen LogP contribution in [0.3, 0.4) is 0 Å². The molecule has 0 spiro atoms. The van der Waals surface area contributed by atoms with E-state index >= 15 is 0 Å². The molecule has 0 aromatic heterocycles. The zero-order valence-electron chi connectivity index (χ0n) is 8.88. The predicted octanol–water partition coefficient (Wildman–Crippen LogP) is 1.54. The number of hydrogen-bond donors (Lipinski definition) is 2. The second kappa shape index (κ2) is 4.53. The number of sulfonamides is 1. The summed E-state index contributed by atoms with van der Waals surface area (Å²) in [6, 6.07) is 2.67.